The summed E-state index contributed by atoms with van der Waals surface area (Å²) in [4.78, 5) is 34.2. The standard InChI is InChI=1S/C24H18BrClN2O4/c1-31-19-12-7-14(13-18(19)25)21-20-22(32-28(21)17-5-3-2-4-6-17)24(30)27(23(20)29)16-10-8-15(26)9-11-16/h2-13,20-22H,1H3/t20-,21-,22+/m1/s1. The molecule has 2 amide bonds. The van der Waals surface area contributed by atoms with Crippen molar-refractivity contribution in [1.82, 2.24) is 0 Å². The predicted octanol–water partition coefficient (Wildman–Crippen LogP) is 5.16. The average Bonchev–Trinajstić information content (AvgIpc) is 3.31. The summed E-state index contributed by atoms with van der Waals surface area (Å²) in [6, 6.07) is 21.2. The minimum Gasteiger partial charge on any atom is -0.496 e. The maximum atomic E-state index is 13.6. The van der Waals surface area contributed by atoms with Crippen LogP contribution in [0.1, 0.15) is 11.6 Å². The molecule has 2 saturated heterocycles. The molecule has 2 heterocycles. The number of halogens is 2. The number of amides is 2. The van der Waals surface area contributed by atoms with Gasteiger partial charge in [0.2, 0.25) is 5.91 Å². The molecule has 5 rings (SSSR count). The molecule has 0 aliphatic carbocycles. The number of imide groups is 1. The fourth-order valence-electron chi connectivity index (χ4n) is 4.26. The number of hydroxylamine groups is 1. The van der Waals surface area contributed by atoms with Gasteiger partial charge >= 0.3 is 0 Å². The van der Waals surface area contributed by atoms with Crippen LogP contribution in [-0.2, 0) is 14.4 Å². The molecular formula is C24H18BrClN2O4. The molecule has 2 fully saturated rings. The van der Waals surface area contributed by atoms with E-state index in [2.05, 4.69) is 15.9 Å². The monoisotopic (exact) mass is 512 g/mol. The molecule has 0 unspecified atom stereocenters. The first kappa shape index (κ1) is 21.0. The van der Waals surface area contributed by atoms with E-state index in [1.165, 1.54) is 4.90 Å². The zero-order chi connectivity index (χ0) is 22.4. The highest BCUT2D eigenvalue weighted by atomic mass is 79.9. The molecule has 3 atom stereocenters. The number of rotatable bonds is 4. The highest BCUT2D eigenvalue weighted by Gasteiger charge is 2.60. The Hall–Kier alpha value is -2.87. The SMILES string of the molecule is COc1ccc([C@@H]2[C@H]3C(=O)N(c4ccc(Cl)cc4)C(=O)[C@H]3ON2c2ccccc2)cc1Br. The number of ether oxygens (including phenoxy) is 1. The van der Waals surface area contributed by atoms with Gasteiger partial charge in [-0.05, 0) is 70.0 Å². The molecule has 6 nitrogen and oxygen atoms in total. The highest BCUT2D eigenvalue weighted by Crippen LogP contribution is 2.48. The number of methoxy groups -OCH3 is 1. The van der Waals surface area contributed by atoms with Crippen molar-refractivity contribution in [2.45, 2.75) is 12.1 Å². The summed E-state index contributed by atoms with van der Waals surface area (Å²) < 4.78 is 6.10. The largest absolute Gasteiger partial charge is 0.496 e. The van der Waals surface area contributed by atoms with Gasteiger partial charge in [-0.1, -0.05) is 35.9 Å². The summed E-state index contributed by atoms with van der Waals surface area (Å²) >= 11 is 9.51. The van der Waals surface area contributed by atoms with Crippen LogP contribution >= 0.6 is 27.5 Å². The summed E-state index contributed by atoms with van der Waals surface area (Å²) in [5.74, 6) is -0.734. The van der Waals surface area contributed by atoms with Crippen molar-refractivity contribution in [1.29, 1.82) is 0 Å². The van der Waals surface area contributed by atoms with Crippen molar-refractivity contribution in [2.75, 3.05) is 17.1 Å². The van der Waals surface area contributed by atoms with Crippen LogP contribution in [0.3, 0.4) is 0 Å². The summed E-state index contributed by atoms with van der Waals surface area (Å²) in [6.45, 7) is 0. The maximum absolute atomic E-state index is 13.6. The zero-order valence-electron chi connectivity index (χ0n) is 16.9. The van der Waals surface area contributed by atoms with Gasteiger partial charge in [-0.3, -0.25) is 14.4 Å². The van der Waals surface area contributed by atoms with E-state index < -0.39 is 24.0 Å². The molecule has 0 spiro atoms. The molecule has 0 saturated carbocycles. The number of hydrogen-bond donors (Lipinski definition) is 0. The Bertz CT molecular complexity index is 1190. The minimum absolute atomic E-state index is 0.308. The molecule has 0 aromatic heterocycles. The molecular weight excluding hydrogens is 496 g/mol. The van der Waals surface area contributed by atoms with Gasteiger partial charge < -0.3 is 4.74 Å². The lowest BCUT2D eigenvalue weighted by atomic mass is 9.90. The van der Waals surface area contributed by atoms with Gasteiger partial charge in [0.1, 0.15) is 11.7 Å². The lowest BCUT2D eigenvalue weighted by Gasteiger charge is -2.29. The molecule has 32 heavy (non-hydrogen) atoms. The highest BCUT2D eigenvalue weighted by molar-refractivity contribution is 9.10. The normalized spacial score (nSPS) is 22.4. The van der Waals surface area contributed by atoms with Gasteiger partial charge in [-0.25, -0.2) is 9.96 Å². The van der Waals surface area contributed by atoms with Crippen LogP contribution in [0.25, 0.3) is 0 Å². The molecule has 0 N–H and O–H groups in total. The first-order chi connectivity index (χ1) is 15.5. The van der Waals surface area contributed by atoms with Crippen LogP contribution in [0.5, 0.6) is 5.75 Å². The van der Waals surface area contributed by atoms with Crippen LogP contribution in [0.2, 0.25) is 5.02 Å². The molecule has 2 aliphatic rings. The van der Waals surface area contributed by atoms with E-state index in [9.17, 15) is 9.59 Å². The molecule has 3 aromatic rings. The van der Waals surface area contributed by atoms with Crippen LogP contribution < -0.4 is 14.7 Å². The maximum Gasteiger partial charge on any atom is 0.266 e. The van der Waals surface area contributed by atoms with Crippen LogP contribution in [-0.4, -0.2) is 25.0 Å². The summed E-state index contributed by atoms with van der Waals surface area (Å²) in [5.41, 5.74) is 2.06. The average molecular weight is 514 g/mol. The lowest BCUT2D eigenvalue weighted by Crippen LogP contribution is -2.37. The Morgan fingerprint density at radius 1 is 0.938 bits per heavy atom. The second-order valence-electron chi connectivity index (χ2n) is 7.54. The third kappa shape index (κ3) is 3.37. The van der Waals surface area contributed by atoms with E-state index in [0.717, 1.165) is 15.7 Å². The number of carbonyl (C=O) groups is 2. The molecule has 3 aromatic carbocycles. The van der Waals surface area contributed by atoms with E-state index in [1.807, 2.05) is 48.5 Å². The topological polar surface area (TPSA) is 59.1 Å². The predicted molar refractivity (Wildman–Crippen MR) is 125 cm³/mol. The third-order valence-corrected chi connectivity index (χ3v) is 6.60. The number of hydrogen-bond acceptors (Lipinski definition) is 5. The number of anilines is 2. The van der Waals surface area contributed by atoms with Crippen LogP contribution in [0.15, 0.2) is 77.3 Å². The van der Waals surface area contributed by atoms with E-state index in [0.29, 0.717) is 16.5 Å². The van der Waals surface area contributed by atoms with Gasteiger partial charge in [0.15, 0.2) is 6.10 Å². The second-order valence-corrected chi connectivity index (χ2v) is 8.83. The smallest absolute Gasteiger partial charge is 0.266 e. The molecule has 162 valence electrons. The van der Waals surface area contributed by atoms with Gasteiger partial charge in [0, 0.05) is 5.02 Å². The molecule has 0 radical (unpaired) electrons. The fraction of sp³-hybridized carbons (Fsp3) is 0.167. The molecule has 8 heteroatoms. The van der Waals surface area contributed by atoms with E-state index >= 15 is 0 Å². The van der Waals surface area contributed by atoms with Crippen molar-refractivity contribution >= 4 is 50.7 Å². The van der Waals surface area contributed by atoms with Crippen molar-refractivity contribution in [3.05, 3.63) is 87.9 Å². The Balaban J connectivity index is 1.59. The number of carbonyl (C=O) groups excluding carboxylic acids is 2. The van der Waals surface area contributed by atoms with Crippen molar-refractivity contribution in [3.8, 4) is 5.75 Å². The lowest BCUT2D eigenvalue weighted by molar-refractivity contribution is -0.126. The first-order valence-corrected chi connectivity index (χ1v) is 11.1. The molecule has 0 bridgehead atoms. The van der Waals surface area contributed by atoms with E-state index in [1.54, 1.807) is 36.4 Å². The Kier molecular flexibility index (Phi) is 5.41. The van der Waals surface area contributed by atoms with E-state index in [4.69, 9.17) is 21.2 Å². The van der Waals surface area contributed by atoms with Crippen LogP contribution in [0, 0.1) is 5.92 Å². The number of nitrogens with zero attached hydrogens (tertiary/aromatic N) is 2. The van der Waals surface area contributed by atoms with Crippen molar-refractivity contribution in [3.63, 3.8) is 0 Å². The Labute approximate surface area is 198 Å². The van der Waals surface area contributed by atoms with Gasteiger partial charge in [0.25, 0.3) is 5.91 Å². The van der Waals surface area contributed by atoms with E-state index in [-0.39, 0.29) is 5.91 Å². The number of benzene rings is 3. The molecule has 2 aliphatic heterocycles. The summed E-state index contributed by atoms with van der Waals surface area (Å²) in [6.07, 6.45) is -0.927. The summed E-state index contributed by atoms with van der Waals surface area (Å²) in [5, 5.41) is 2.19. The quantitative estimate of drug-likeness (QED) is 0.451. The summed E-state index contributed by atoms with van der Waals surface area (Å²) in [7, 11) is 1.59. The third-order valence-electron chi connectivity index (χ3n) is 5.73. The second kappa shape index (κ2) is 8.24. The van der Waals surface area contributed by atoms with Crippen molar-refractivity contribution < 1.29 is 19.2 Å². The number of para-hydroxylation sites is 1. The Morgan fingerprint density at radius 3 is 2.31 bits per heavy atom. The Morgan fingerprint density at radius 2 is 1.66 bits per heavy atom. The van der Waals surface area contributed by atoms with Gasteiger partial charge in [-0.2, -0.15) is 0 Å². The van der Waals surface area contributed by atoms with Crippen molar-refractivity contribution in [2.24, 2.45) is 5.92 Å². The van der Waals surface area contributed by atoms with Gasteiger partial charge in [0.05, 0.1) is 29.0 Å². The first-order valence-electron chi connectivity index (χ1n) is 9.97. The van der Waals surface area contributed by atoms with Gasteiger partial charge in [-0.15, -0.1) is 0 Å². The number of fused-ring (bicyclic) bond motifs is 1. The zero-order valence-corrected chi connectivity index (χ0v) is 19.3. The minimum atomic E-state index is -0.927. The van der Waals surface area contributed by atoms with Crippen LogP contribution in [0.4, 0.5) is 11.4 Å². The fourth-order valence-corrected chi connectivity index (χ4v) is 4.95.